The molecular weight excluding hydrogens is 432 g/mol. The summed E-state index contributed by atoms with van der Waals surface area (Å²) >= 11 is 0. The lowest BCUT2D eigenvalue weighted by atomic mass is 10.00. The molecule has 0 radical (unpaired) electrons. The largest absolute Gasteiger partial charge is 0.377 e. The Labute approximate surface area is 188 Å². The van der Waals surface area contributed by atoms with Crippen LogP contribution >= 0.6 is 0 Å². The molecule has 1 aliphatic heterocycles. The Hall–Kier alpha value is -3.86. The smallest absolute Gasteiger partial charge is 0.315 e. The highest BCUT2D eigenvalue weighted by atomic mass is 19.3. The number of rotatable bonds is 7. The number of aromatic nitrogens is 3. The molecule has 0 saturated carbocycles. The minimum atomic E-state index is -3.09. The van der Waals surface area contributed by atoms with Crippen LogP contribution in [0.3, 0.4) is 0 Å². The number of amides is 1. The van der Waals surface area contributed by atoms with Crippen LogP contribution < -0.4 is 15.5 Å². The van der Waals surface area contributed by atoms with E-state index in [1.807, 2.05) is 13.0 Å². The fourth-order valence-corrected chi connectivity index (χ4v) is 3.62. The second-order valence-corrected chi connectivity index (χ2v) is 7.51. The first-order valence-corrected chi connectivity index (χ1v) is 10.3. The van der Waals surface area contributed by atoms with E-state index in [2.05, 4.69) is 25.7 Å². The van der Waals surface area contributed by atoms with Gasteiger partial charge < -0.3 is 25.7 Å². The molecule has 1 fully saturated rings. The van der Waals surface area contributed by atoms with E-state index in [1.54, 1.807) is 36.5 Å². The first-order valence-electron chi connectivity index (χ1n) is 10.3. The summed E-state index contributed by atoms with van der Waals surface area (Å²) < 4.78 is 30.6. The zero-order valence-corrected chi connectivity index (χ0v) is 17.8. The van der Waals surface area contributed by atoms with Gasteiger partial charge in [-0.2, -0.15) is 13.9 Å². The predicted molar refractivity (Wildman–Crippen MR) is 122 cm³/mol. The van der Waals surface area contributed by atoms with Gasteiger partial charge in [0.2, 0.25) is 0 Å². The number of hydrogen-bond donors (Lipinski definition) is 4. The van der Waals surface area contributed by atoms with E-state index in [-0.39, 0.29) is 11.7 Å². The minimum absolute atomic E-state index is 0.108. The lowest BCUT2D eigenvalue weighted by molar-refractivity contribution is -0.126. The fraction of sp³-hybridized carbons (Fsp3) is 0.273. The molecule has 11 heteroatoms. The number of H-pyrrole nitrogens is 1. The molecule has 1 aromatic carbocycles. The lowest BCUT2D eigenvalue weighted by Gasteiger charge is -2.35. The van der Waals surface area contributed by atoms with E-state index >= 15 is 0 Å². The summed E-state index contributed by atoms with van der Waals surface area (Å²) in [6, 6.07) is 10.3. The summed E-state index contributed by atoms with van der Waals surface area (Å²) in [6.07, 6.45) is -0.281. The number of nitrogens with zero attached hydrogens (tertiary/aromatic N) is 3. The second-order valence-electron chi connectivity index (χ2n) is 7.51. The Bertz CT molecular complexity index is 1120. The van der Waals surface area contributed by atoms with E-state index < -0.39 is 12.3 Å². The normalized spacial score (nSPS) is 16.0. The van der Waals surface area contributed by atoms with Gasteiger partial charge in [0, 0.05) is 30.1 Å². The Morgan fingerprint density at radius 3 is 2.76 bits per heavy atom. The third-order valence-corrected chi connectivity index (χ3v) is 5.27. The molecule has 0 unspecified atom stereocenters. The van der Waals surface area contributed by atoms with Gasteiger partial charge in [-0.05, 0) is 36.2 Å². The Morgan fingerprint density at radius 2 is 2.12 bits per heavy atom. The molecule has 1 atom stereocenters. The van der Waals surface area contributed by atoms with Gasteiger partial charge in [0.1, 0.15) is 17.5 Å². The average Bonchev–Trinajstić information content (AvgIpc) is 3.32. The fourth-order valence-electron chi connectivity index (χ4n) is 3.62. The molecule has 4 rings (SSSR count). The van der Waals surface area contributed by atoms with Crippen LogP contribution in [0.1, 0.15) is 12.5 Å². The number of carbonyl (C=O) groups excluding carboxylic acids is 1. The van der Waals surface area contributed by atoms with E-state index in [0.717, 1.165) is 11.1 Å². The number of alkyl halides is 2. The molecular formula is C22H23F2N7O2. The van der Waals surface area contributed by atoms with Gasteiger partial charge in [-0.1, -0.05) is 12.1 Å². The quantitative estimate of drug-likeness (QED) is 0.404. The van der Waals surface area contributed by atoms with Crippen molar-refractivity contribution in [1.29, 1.82) is 5.41 Å². The Balaban J connectivity index is 1.76. The highest BCUT2D eigenvalue weighted by Crippen LogP contribution is 2.34. The average molecular weight is 455 g/mol. The lowest BCUT2D eigenvalue weighted by Crippen LogP contribution is -2.44. The zero-order chi connectivity index (χ0) is 23.4. The van der Waals surface area contributed by atoms with E-state index in [4.69, 9.17) is 15.1 Å². The summed E-state index contributed by atoms with van der Waals surface area (Å²) in [4.78, 5) is 18.2. The molecule has 0 spiro atoms. The molecule has 3 aromatic rings. The molecule has 1 amide bonds. The van der Waals surface area contributed by atoms with Gasteiger partial charge in [-0.25, -0.2) is 4.98 Å². The number of benzene rings is 1. The van der Waals surface area contributed by atoms with Crippen LogP contribution in [0.25, 0.3) is 11.1 Å². The molecule has 3 heterocycles. The van der Waals surface area contributed by atoms with Crippen LogP contribution in [0.15, 0.2) is 42.6 Å². The number of hydrogen-bond acceptors (Lipinski definition) is 7. The van der Waals surface area contributed by atoms with E-state index in [9.17, 15) is 13.6 Å². The molecule has 33 heavy (non-hydrogen) atoms. The van der Waals surface area contributed by atoms with Crippen molar-refractivity contribution in [3.63, 3.8) is 0 Å². The monoisotopic (exact) mass is 455 g/mol. The van der Waals surface area contributed by atoms with Crippen molar-refractivity contribution in [2.75, 3.05) is 35.3 Å². The molecule has 2 aromatic heterocycles. The predicted octanol–water partition coefficient (Wildman–Crippen LogP) is 3.64. The molecule has 172 valence electrons. The first kappa shape index (κ1) is 22.3. The highest BCUT2D eigenvalue weighted by Gasteiger charge is 2.23. The number of morpholine rings is 1. The number of aromatic amines is 1. The number of pyridine rings is 1. The topological polar surface area (TPSA) is 119 Å². The third kappa shape index (κ3) is 4.98. The summed E-state index contributed by atoms with van der Waals surface area (Å²) in [7, 11) is 0. The van der Waals surface area contributed by atoms with Gasteiger partial charge >= 0.3 is 6.43 Å². The van der Waals surface area contributed by atoms with Crippen molar-refractivity contribution in [1.82, 2.24) is 15.2 Å². The maximum Gasteiger partial charge on any atom is 0.315 e. The van der Waals surface area contributed by atoms with Crippen molar-refractivity contribution in [3.8, 4) is 11.1 Å². The van der Waals surface area contributed by atoms with Crippen molar-refractivity contribution in [2.45, 2.75) is 19.4 Å². The molecule has 9 nitrogen and oxygen atoms in total. The van der Waals surface area contributed by atoms with Crippen LogP contribution in [-0.4, -0.2) is 59.5 Å². The summed E-state index contributed by atoms with van der Waals surface area (Å²) in [5, 5.41) is 20.1. The zero-order valence-electron chi connectivity index (χ0n) is 17.8. The standard InChI is InChI=1S/C22H23F2N7O2/c1-13-12-33-9-8-31(13)19-10-16(14-2-4-15(5-3-14)27-22(32)20(23)24)17(11-25)21(29-19)28-18-6-7-26-30-18/h2-7,10-11,13,20,25H,8-9,12H2,1H3,(H,27,32)(H2,26,28,29,30)/t13-/m1/s1. The van der Waals surface area contributed by atoms with Gasteiger partial charge in [0.05, 0.1) is 25.5 Å². The molecule has 0 aliphatic carbocycles. The Morgan fingerprint density at radius 1 is 1.33 bits per heavy atom. The van der Waals surface area contributed by atoms with E-state index in [1.165, 1.54) is 6.21 Å². The van der Waals surface area contributed by atoms with Crippen molar-refractivity contribution >= 4 is 35.3 Å². The summed E-state index contributed by atoms with van der Waals surface area (Å²) in [6.45, 7) is 3.87. The number of carbonyl (C=O) groups is 1. The van der Waals surface area contributed by atoms with Crippen LogP contribution in [0, 0.1) is 5.41 Å². The van der Waals surface area contributed by atoms with E-state index in [0.29, 0.717) is 42.8 Å². The van der Waals surface area contributed by atoms with Crippen molar-refractivity contribution in [2.24, 2.45) is 0 Å². The number of halogens is 2. The van der Waals surface area contributed by atoms with Crippen molar-refractivity contribution < 1.29 is 18.3 Å². The third-order valence-electron chi connectivity index (χ3n) is 5.27. The maximum atomic E-state index is 12.5. The molecule has 4 N–H and O–H groups in total. The van der Waals surface area contributed by atoms with Gasteiger partial charge in [-0.3, -0.25) is 9.89 Å². The number of anilines is 4. The van der Waals surface area contributed by atoms with Gasteiger partial charge in [0.25, 0.3) is 5.91 Å². The SMILES string of the molecule is C[C@@H]1COCCN1c1cc(-c2ccc(NC(=O)C(F)F)cc2)c(C=N)c(Nc2ccn[nH]2)n1. The number of nitrogens with one attached hydrogen (secondary N) is 4. The molecule has 1 saturated heterocycles. The second kappa shape index (κ2) is 9.74. The summed E-state index contributed by atoms with van der Waals surface area (Å²) in [5.74, 6) is 0.439. The molecule has 0 bridgehead atoms. The van der Waals surface area contributed by atoms with Gasteiger partial charge in [0.15, 0.2) is 0 Å². The highest BCUT2D eigenvalue weighted by molar-refractivity contribution is 5.97. The maximum absolute atomic E-state index is 12.5. The number of ether oxygens (including phenoxy) is 1. The minimum Gasteiger partial charge on any atom is -0.377 e. The van der Waals surface area contributed by atoms with Crippen LogP contribution in [0.2, 0.25) is 0 Å². The van der Waals surface area contributed by atoms with Crippen LogP contribution in [0.5, 0.6) is 0 Å². The Kier molecular flexibility index (Phi) is 6.59. The van der Waals surface area contributed by atoms with Crippen LogP contribution in [-0.2, 0) is 9.53 Å². The first-order chi connectivity index (χ1) is 16.0. The van der Waals surface area contributed by atoms with Crippen molar-refractivity contribution in [3.05, 3.63) is 48.2 Å². The van der Waals surface area contributed by atoms with Crippen LogP contribution in [0.4, 0.5) is 31.9 Å². The summed E-state index contributed by atoms with van der Waals surface area (Å²) in [5.41, 5.74) is 2.26. The van der Waals surface area contributed by atoms with Gasteiger partial charge in [-0.15, -0.1) is 0 Å². The molecule has 1 aliphatic rings.